The minimum absolute atomic E-state index is 0.0199. The summed E-state index contributed by atoms with van der Waals surface area (Å²) in [4.78, 5) is 52.0. The van der Waals surface area contributed by atoms with Crippen LogP contribution in [0, 0.1) is 0 Å². The SMILES string of the molecule is CCCN(C(=O)c1cc(C(F)(F)F)c[nH]c1=O)C1CC(=O)N(C)C1=O. The summed E-state index contributed by atoms with van der Waals surface area (Å²) in [7, 11) is 1.26. The molecule has 2 heterocycles. The number of nitrogens with one attached hydrogen (secondary N) is 1. The molecule has 1 aromatic heterocycles. The van der Waals surface area contributed by atoms with Crippen molar-refractivity contribution >= 4 is 17.7 Å². The Morgan fingerprint density at radius 1 is 1.36 bits per heavy atom. The van der Waals surface area contributed by atoms with E-state index in [-0.39, 0.29) is 13.0 Å². The number of carbonyl (C=O) groups is 3. The monoisotopic (exact) mass is 359 g/mol. The number of H-pyrrole nitrogens is 1. The van der Waals surface area contributed by atoms with Gasteiger partial charge in [0.2, 0.25) is 5.91 Å². The quantitative estimate of drug-likeness (QED) is 0.812. The molecule has 1 aromatic rings. The van der Waals surface area contributed by atoms with Crippen molar-refractivity contribution in [3.05, 3.63) is 33.7 Å². The van der Waals surface area contributed by atoms with Crippen LogP contribution in [0.2, 0.25) is 0 Å². The minimum Gasteiger partial charge on any atom is -0.328 e. The van der Waals surface area contributed by atoms with Crippen molar-refractivity contribution in [1.29, 1.82) is 0 Å². The second-order valence-electron chi connectivity index (χ2n) is 5.64. The number of imide groups is 1. The Balaban J connectivity index is 2.44. The molecule has 7 nitrogen and oxygen atoms in total. The van der Waals surface area contributed by atoms with Gasteiger partial charge in [-0.15, -0.1) is 0 Å². The molecule has 0 bridgehead atoms. The fraction of sp³-hybridized carbons (Fsp3) is 0.467. The van der Waals surface area contributed by atoms with Gasteiger partial charge in [0.15, 0.2) is 0 Å². The number of aromatic nitrogens is 1. The lowest BCUT2D eigenvalue weighted by Gasteiger charge is -2.26. The molecule has 2 rings (SSSR count). The first-order valence-electron chi connectivity index (χ1n) is 7.49. The lowest BCUT2D eigenvalue weighted by Crippen LogP contribution is -2.46. The van der Waals surface area contributed by atoms with Crippen LogP contribution in [0.25, 0.3) is 0 Å². The van der Waals surface area contributed by atoms with Gasteiger partial charge in [0.1, 0.15) is 11.6 Å². The summed E-state index contributed by atoms with van der Waals surface area (Å²) in [5, 5.41) is 0. The molecule has 1 N–H and O–H groups in total. The number of nitrogens with zero attached hydrogens (tertiary/aromatic N) is 2. The summed E-state index contributed by atoms with van der Waals surface area (Å²) in [5.74, 6) is -2.15. The number of carbonyl (C=O) groups excluding carboxylic acids is 3. The number of hydrogen-bond acceptors (Lipinski definition) is 4. The topological polar surface area (TPSA) is 90.6 Å². The predicted molar refractivity (Wildman–Crippen MR) is 79.6 cm³/mol. The molecule has 10 heteroatoms. The molecule has 1 fully saturated rings. The molecular weight excluding hydrogens is 343 g/mol. The number of halogens is 3. The summed E-state index contributed by atoms with van der Waals surface area (Å²) in [5.41, 5.74) is -2.90. The highest BCUT2D eigenvalue weighted by atomic mass is 19.4. The molecule has 0 aromatic carbocycles. The van der Waals surface area contributed by atoms with Gasteiger partial charge in [0, 0.05) is 19.8 Å². The summed E-state index contributed by atoms with van der Waals surface area (Å²) >= 11 is 0. The molecule has 3 amide bonds. The highest BCUT2D eigenvalue weighted by molar-refractivity contribution is 6.08. The number of aromatic amines is 1. The van der Waals surface area contributed by atoms with Crippen LogP contribution in [-0.4, -0.2) is 52.1 Å². The van der Waals surface area contributed by atoms with E-state index < -0.39 is 46.6 Å². The van der Waals surface area contributed by atoms with Crippen molar-refractivity contribution in [2.75, 3.05) is 13.6 Å². The zero-order chi connectivity index (χ0) is 18.9. The van der Waals surface area contributed by atoms with E-state index in [0.29, 0.717) is 18.7 Å². The molecule has 0 saturated carbocycles. The molecule has 0 radical (unpaired) electrons. The Morgan fingerprint density at radius 3 is 2.48 bits per heavy atom. The van der Waals surface area contributed by atoms with Gasteiger partial charge < -0.3 is 9.88 Å². The summed E-state index contributed by atoms with van der Waals surface area (Å²) in [6.07, 6.45) is -4.14. The third-order valence-corrected chi connectivity index (χ3v) is 3.92. The van der Waals surface area contributed by atoms with Crippen LogP contribution in [0.3, 0.4) is 0 Å². The third-order valence-electron chi connectivity index (χ3n) is 3.92. The van der Waals surface area contributed by atoms with Crippen LogP contribution >= 0.6 is 0 Å². The highest BCUT2D eigenvalue weighted by Gasteiger charge is 2.42. The maximum Gasteiger partial charge on any atom is 0.417 e. The molecule has 0 spiro atoms. The van der Waals surface area contributed by atoms with E-state index in [9.17, 15) is 32.3 Å². The molecule has 1 unspecified atom stereocenters. The maximum absolute atomic E-state index is 12.8. The molecular formula is C15H16F3N3O4. The molecule has 0 aliphatic carbocycles. The van der Waals surface area contributed by atoms with Crippen molar-refractivity contribution in [1.82, 2.24) is 14.8 Å². The van der Waals surface area contributed by atoms with E-state index >= 15 is 0 Å². The van der Waals surface area contributed by atoms with Gasteiger partial charge >= 0.3 is 6.18 Å². The Bertz CT molecular complexity index is 772. The first kappa shape index (κ1) is 18.7. The van der Waals surface area contributed by atoms with E-state index in [4.69, 9.17) is 0 Å². The Morgan fingerprint density at radius 2 is 2.00 bits per heavy atom. The van der Waals surface area contributed by atoms with E-state index in [2.05, 4.69) is 0 Å². The maximum atomic E-state index is 12.8. The van der Waals surface area contributed by atoms with Gasteiger partial charge in [-0.2, -0.15) is 13.2 Å². The van der Waals surface area contributed by atoms with Crippen LogP contribution in [-0.2, 0) is 15.8 Å². The fourth-order valence-corrected chi connectivity index (χ4v) is 2.58. The van der Waals surface area contributed by atoms with E-state index in [1.54, 1.807) is 6.92 Å². The lowest BCUT2D eigenvalue weighted by molar-refractivity contribution is -0.139. The van der Waals surface area contributed by atoms with Crippen LogP contribution in [0.1, 0.15) is 35.7 Å². The van der Waals surface area contributed by atoms with Crippen molar-refractivity contribution < 1.29 is 27.6 Å². The zero-order valence-electron chi connectivity index (χ0n) is 13.5. The number of rotatable bonds is 4. The van der Waals surface area contributed by atoms with Crippen LogP contribution < -0.4 is 5.56 Å². The number of alkyl halides is 3. The Hall–Kier alpha value is -2.65. The number of pyridine rings is 1. The minimum atomic E-state index is -4.74. The average Bonchev–Trinajstić information content (AvgIpc) is 2.79. The first-order valence-corrected chi connectivity index (χ1v) is 7.49. The number of likely N-dealkylation sites (N-methyl/N-ethyl adjacent to an activating group) is 1. The molecule has 1 aliphatic rings. The van der Waals surface area contributed by atoms with Gasteiger partial charge in [-0.05, 0) is 12.5 Å². The molecule has 1 aliphatic heterocycles. The van der Waals surface area contributed by atoms with Crippen LogP contribution in [0.5, 0.6) is 0 Å². The molecule has 1 saturated heterocycles. The third kappa shape index (κ3) is 3.57. The van der Waals surface area contributed by atoms with E-state index in [0.717, 1.165) is 9.80 Å². The smallest absolute Gasteiger partial charge is 0.328 e. The first-order chi connectivity index (χ1) is 11.6. The van der Waals surface area contributed by atoms with Gasteiger partial charge in [-0.25, -0.2) is 0 Å². The molecule has 136 valence electrons. The molecule has 25 heavy (non-hydrogen) atoms. The normalized spacial score (nSPS) is 18.0. The van der Waals surface area contributed by atoms with Crippen molar-refractivity contribution in [3.8, 4) is 0 Å². The second kappa shape index (κ2) is 6.69. The average molecular weight is 359 g/mol. The number of amides is 3. The molecule has 1 atom stereocenters. The Labute approximate surface area is 140 Å². The second-order valence-corrected chi connectivity index (χ2v) is 5.64. The Kier molecular flexibility index (Phi) is 5.00. The van der Waals surface area contributed by atoms with Crippen molar-refractivity contribution in [3.63, 3.8) is 0 Å². The summed E-state index contributed by atoms with van der Waals surface area (Å²) in [6, 6.07) is -0.673. The summed E-state index contributed by atoms with van der Waals surface area (Å²) < 4.78 is 38.5. The zero-order valence-corrected chi connectivity index (χ0v) is 13.5. The van der Waals surface area contributed by atoms with Gasteiger partial charge in [0.05, 0.1) is 12.0 Å². The lowest BCUT2D eigenvalue weighted by atomic mass is 10.1. The number of hydrogen-bond donors (Lipinski definition) is 1. The van der Waals surface area contributed by atoms with Crippen LogP contribution in [0.4, 0.5) is 13.2 Å². The number of likely N-dealkylation sites (tertiary alicyclic amines) is 1. The fourth-order valence-electron chi connectivity index (χ4n) is 2.58. The van der Waals surface area contributed by atoms with Gasteiger partial charge in [-0.3, -0.25) is 24.1 Å². The van der Waals surface area contributed by atoms with Crippen molar-refractivity contribution in [2.45, 2.75) is 32.0 Å². The standard InChI is InChI=1S/C15H16F3N3O4/c1-3-4-21(10-6-11(22)20(2)14(10)25)13(24)9-5-8(15(16,17)18)7-19-12(9)23/h5,7,10H,3-4,6H2,1-2H3,(H,19,23). The van der Waals surface area contributed by atoms with E-state index in [1.807, 2.05) is 4.98 Å². The van der Waals surface area contributed by atoms with Gasteiger partial charge in [-0.1, -0.05) is 6.92 Å². The van der Waals surface area contributed by atoms with Crippen LogP contribution in [0.15, 0.2) is 17.1 Å². The summed E-state index contributed by atoms with van der Waals surface area (Å²) in [6.45, 7) is 1.72. The van der Waals surface area contributed by atoms with Gasteiger partial charge in [0.25, 0.3) is 17.4 Å². The largest absolute Gasteiger partial charge is 0.417 e. The highest BCUT2D eigenvalue weighted by Crippen LogP contribution is 2.29. The van der Waals surface area contributed by atoms with E-state index in [1.165, 1.54) is 7.05 Å². The predicted octanol–water partition coefficient (Wildman–Crippen LogP) is 1.00. The van der Waals surface area contributed by atoms with Crippen molar-refractivity contribution in [2.24, 2.45) is 0 Å².